The number of benzene rings is 1. The first-order valence-corrected chi connectivity index (χ1v) is 4.61. The third-order valence-electron chi connectivity index (χ3n) is 1.93. The quantitative estimate of drug-likeness (QED) is 0.626. The predicted molar refractivity (Wildman–Crippen MR) is 49.1 cm³/mol. The summed E-state index contributed by atoms with van der Waals surface area (Å²) >= 11 is 3.45. The topological polar surface area (TPSA) is 14.1 Å². The van der Waals surface area contributed by atoms with Gasteiger partial charge in [-0.1, -0.05) is 15.9 Å². The van der Waals surface area contributed by atoms with Crippen molar-refractivity contribution in [3.63, 3.8) is 0 Å². The number of aryl methyl sites for hydroxylation is 1. The van der Waals surface area contributed by atoms with Gasteiger partial charge in [0.15, 0.2) is 0 Å². The van der Waals surface area contributed by atoms with Gasteiger partial charge in [0.05, 0.1) is 5.69 Å². The van der Waals surface area contributed by atoms with Crippen LogP contribution in [0.3, 0.4) is 0 Å². The van der Waals surface area contributed by atoms with Crippen molar-refractivity contribution in [1.82, 2.24) is 5.32 Å². The Balaban J connectivity index is 2.43. The Morgan fingerprint density at radius 2 is 2.27 bits per heavy atom. The molecule has 0 atom stereocenters. The predicted octanol–water partition coefficient (Wildman–Crippen LogP) is 2.63. The molecule has 11 heavy (non-hydrogen) atoms. The number of hydrogen-bond acceptors (Lipinski definition) is 0. The molecule has 0 unspecified atom stereocenters. The molecule has 1 aliphatic rings. The highest BCUT2D eigenvalue weighted by atomic mass is 79.9. The second kappa shape index (κ2) is 2.86. The maximum Gasteiger partial charge on any atom is 0.0607 e. The van der Waals surface area contributed by atoms with Crippen LogP contribution < -0.4 is 5.32 Å². The average Bonchev–Trinajstić information content (AvgIpc) is 2.04. The fraction of sp³-hybridized carbons (Fsp3) is 0.333. The third kappa shape index (κ3) is 1.41. The molecule has 1 aromatic rings. The van der Waals surface area contributed by atoms with E-state index < -0.39 is 0 Å². The van der Waals surface area contributed by atoms with Crippen molar-refractivity contribution < 1.29 is 0 Å². The summed E-state index contributed by atoms with van der Waals surface area (Å²) in [6.07, 6.45) is 2.38. The van der Waals surface area contributed by atoms with Crippen LogP contribution in [-0.4, -0.2) is 6.54 Å². The van der Waals surface area contributed by atoms with Crippen molar-refractivity contribution in [1.29, 1.82) is 0 Å². The molecule has 0 saturated carbocycles. The van der Waals surface area contributed by atoms with Crippen molar-refractivity contribution in [2.45, 2.75) is 12.8 Å². The lowest BCUT2D eigenvalue weighted by atomic mass is 10.0. The lowest BCUT2D eigenvalue weighted by molar-refractivity contribution is 0.704. The van der Waals surface area contributed by atoms with Crippen LogP contribution in [0, 0.1) is 0 Å². The zero-order valence-electron chi connectivity index (χ0n) is 6.18. The molecular formula is C9H9BrN. The van der Waals surface area contributed by atoms with Crippen LogP contribution in [0.1, 0.15) is 12.0 Å². The average molecular weight is 211 g/mol. The fourth-order valence-electron chi connectivity index (χ4n) is 1.38. The van der Waals surface area contributed by atoms with Gasteiger partial charge in [0.25, 0.3) is 0 Å². The summed E-state index contributed by atoms with van der Waals surface area (Å²) in [6.45, 7) is 0.995. The largest absolute Gasteiger partial charge is 0.285 e. The first kappa shape index (κ1) is 7.17. The summed E-state index contributed by atoms with van der Waals surface area (Å²) in [4.78, 5) is 0. The van der Waals surface area contributed by atoms with E-state index in [4.69, 9.17) is 0 Å². The van der Waals surface area contributed by atoms with Gasteiger partial charge in [0.1, 0.15) is 0 Å². The van der Waals surface area contributed by atoms with E-state index in [0.717, 1.165) is 11.0 Å². The van der Waals surface area contributed by atoms with E-state index in [-0.39, 0.29) is 0 Å². The zero-order valence-corrected chi connectivity index (χ0v) is 7.76. The van der Waals surface area contributed by atoms with Crippen LogP contribution >= 0.6 is 15.9 Å². The van der Waals surface area contributed by atoms with E-state index in [9.17, 15) is 0 Å². The third-order valence-corrected chi connectivity index (χ3v) is 2.42. The maximum absolute atomic E-state index is 4.41. The second-order valence-corrected chi connectivity index (χ2v) is 3.67. The van der Waals surface area contributed by atoms with Gasteiger partial charge in [-0.15, -0.1) is 0 Å². The van der Waals surface area contributed by atoms with E-state index in [1.807, 2.05) is 6.07 Å². The van der Waals surface area contributed by atoms with Gasteiger partial charge in [-0.2, -0.15) is 0 Å². The molecule has 0 fully saturated rings. The van der Waals surface area contributed by atoms with Gasteiger partial charge in [-0.3, -0.25) is 5.32 Å². The first-order chi connectivity index (χ1) is 5.36. The molecule has 1 aromatic carbocycles. The highest BCUT2D eigenvalue weighted by Gasteiger charge is 2.08. The van der Waals surface area contributed by atoms with Gasteiger partial charge < -0.3 is 0 Å². The van der Waals surface area contributed by atoms with Gasteiger partial charge in [0.2, 0.25) is 0 Å². The SMILES string of the molecule is Brc1ccc2c(c1)CCC[N]2. The van der Waals surface area contributed by atoms with Crippen LogP contribution in [0.15, 0.2) is 22.7 Å². The highest BCUT2D eigenvalue weighted by molar-refractivity contribution is 9.10. The summed E-state index contributed by atoms with van der Waals surface area (Å²) < 4.78 is 1.16. The molecule has 0 aliphatic carbocycles. The van der Waals surface area contributed by atoms with Crippen LogP contribution in [0.4, 0.5) is 5.69 Å². The van der Waals surface area contributed by atoms with Crippen molar-refractivity contribution in [3.8, 4) is 0 Å². The van der Waals surface area contributed by atoms with E-state index in [0.29, 0.717) is 0 Å². The van der Waals surface area contributed by atoms with Crippen LogP contribution in [0.2, 0.25) is 0 Å². The number of rotatable bonds is 0. The Hall–Kier alpha value is -0.500. The van der Waals surface area contributed by atoms with Crippen molar-refractivity contribution in [2.75, 3.05) is 6.54 Å². The molecule has 0 bridgehead atoms. The standard InChI is InChI=1S/C9H9BrN/c10-8-3-4-9-7(6-8)2-1-5-11-9/h3-4,6H,1-2,5H2. The number of fused-ring (bicyclic) bond motifs is 1. The lowest BCUT2D eigenvalue weighted by Gasteiger charge is -2.14. The van der Waals surface area contributed by atoms with E-state index in [2.05, 4.69) is 33.4 Å². The van der Waals surface area contributed by atoms with Crippen LogP contribution in [0.25, 0.3) is 0 Å². The number of hydrogen-bond donors (Lipinski definition) is 0. The van der Waals surface area contributed by atoms with Gasteiger partial charge >= 0.3 is 0 Å². The fourth-order valence-corrected chi connectivity index (χ4v) is 1.79. The van der Waals surface area contributed by atoms with Gasteiger partial charge in [-0.25, -0.2) is 0 Å². The highest BCUT2D eigenvalue weighted by Crippen LogP contribution is 2.25. The van der Waals surface area contributed by atoms with Crippen LogP contribution in [-0.2, 0) is 6.42 Å². The molecule has 0 N–H and O–H groups in total. The Morgan fingerprint density at radius 3 is 3.18 bits per heavy atom. The maximum atomic E-state index is 4.41. The molecule has 2 rings (SSSR count). The van der Waals surface area contributed by atoms with Crippen molar-refractivity contribution >= 4 is 21.6 Å². The first-order valence-electron chi connectivity index (χ1n) is 3.82. The molecule has 1 aliphatic heterocycles. The summed E-state index contributed by atoms with van der Waals surface area (Å²) in [6, 6.07) is 6.30. The molecule has 1 radical (unpaired) electrons. The zero-order chi connectivity index (χ0) is 7.68. The molecule has 2 heteroatoms. The Labute approximate surface area is 74.9 Å². The van der Waals surface area contributed by atoms with Gasteiger partial charge in [0, 0.05) is 11.0 Å². The molecule has 0 amide bonds. The van der Waals surface area contributed by atoms with E-state index in [1.165, 1.54) is 24.1 Å². The second-order valence-electron chi connectivity index (χ2n) is 2.76. The molecule has 0 aromatic heterocycles. The minimum Gasteiger partial charge on any atom is -0.285 e. The molecule has 1 nitrogen and oxygen atoms in total. The Morgan fingerprint density at radius 1 is 1.36 bits per heavy atom. The smallest absolute Gasteiger partial charge is 0.0607 e. The molecular weight excluding hydrogens is 202 g/mol. The minimum atomic E-state index is 0.995. The summed E-state index contributed by atoms with van der Waals surface area (Å²) in [7, 11) is 0. The molecule has 57 valence electrons. The van der Waals surface area contributed by atoms with Crippen molar-refractivity contribution in [3.05, 3.63) is 28.2 Å². The minimum absolute atomic E-state index is 0.995. The van der Waals surface area contributed by atoms with E-state index in [1.54, 1.807) is 0 Å². The Kier molecular flexibility index (Phi) is 1.86. The monoisotopic (exact) mass is 210 g/mol. The Bertz CT molecular complexity index is 270. The normalized spacial score (nSPS) is 15.4. The number of nitrogens with zero attached hydrogens (tertiary/aromatic N) is 1. The molecule has 0 saturated heterocycles. The van der Waals surface area contributed by atoms with Crippen molar-refractivity contribution in [2.24, 2.45) is 0 Å². The summed E-state index contributed by atoms with van der Waals surface area (Å²) in [5, 5.41) is 4.41. The molecule has 1 heterocycles. The van der Waals surface area contributed by atoms with E-state index >= 15 is 0 Å². The summed E-state index contributed by atoms with van der Waals surface area (Å²) in [5.74, 6) is 0. The molecule has 0 spiro atoms. The van der Waals surface area contributed by atoms with Gasteiger partial charge in [-0.05, 0) is 36.6 Å². The lowest BCUT2D eigenvalue weighted by Crippen LogP contribution is -2.10. The number of halogens is 1. The van der Waals surface area contributed by atoms with Crippen LogP contribution in [0.5, 0.6) is 0 Å². The summed E-state index contributed by atoms with van der Waals surface area (Å²) in [5.41, 5.74) is 2.56.